The number of amides is 2. The minimum Gasteiger partial charge on any atom is -0.493 e. The highest BCUT2D eigenvalue weighted by Gasteiger charge is 2.35. The molecule has 1 saturated heterocycles. The Bertz CT molecular complexity index is 948. The molecule has 0 N–H and O–H groups in total. The van der Waals surface area contributed by atoms with E-state index < -0.39 is 6.10 Å². The molecule has 9 heteroatoms. The summed E-state index contributed by atoms with van der Waals surface area (Å²) >= 11 is 0. The largest absolute Gasteiger partial charge is 0.493 e. The minimum atomic E-state index is -0.666. The molecule has 2 aliphatic heterocycles. The predicted molar refractivity (Wildman–Crippen MR) is 107 cm³/mol. The van der Waals surface area contributed by atoms with E-state index in [1.807, 2.05) is 12.1 Å². The lowest BCUT2D eigenvalue weighted by atomic mass is 10.0. The van der Waals surface area contributed by atoms with Gasteiger partial charge < -0.3 is 28.5 Å². The highest BCUT2D eigenvalue weighted by molar-refractivity contribution is 6.04. The maximum absolute atomic E-state index is 12.9. The number of benzene rings is 1. The van der Waals surface area contributed by atoms with Gasteiger partial charge in [-0.25, -0.2) is 0 Å². The summed E-state index contributed by atoms with van der Waals surface area (Å²) in [7, 11) is 3.14. The van der Waals surface area contributed by atoms with Crippen LogP contribution in [0.2, 0.25) is 0 Å². The molecule has 30 heavy (non-hydrogen) atoms. The summed E-state index contributed by atoms with van der Waals surface area (Å²) in [5.41, 5.74) is 1.50. The Morgan fingerprint density at radius 3 is 2.43 bits per heavy atom. The van der Waals surface area contributed by atoms with Gasteiger partial charge in [0.05, 0.1) is 26.2 Å². The molecule has 2 amide bonds. The van der Waals surface area contributed by atoms with Crippen LogP contribution in [-0.4, -0.2) is 73.8 Å². The van der Waals surface area contributed by atoms with Crippen LogP contribution in [0.4, 0.5) is 0 Å². The van der Waals surface area contributed by atoms with Crippen LogP contribution in [0.1, 0.15) is 22.5 Å². The number of ether oxygens (including phenoxy) is 2. The molecule has 158 valence electrons. The van der Waals surface area contributed by atoms with Crippen LogP contribution in [0, 0.1) is 0 Å². The zero-order chi connectivity index (χ0) is 21.1. The summed E-state index contributed by atoms with van der Waals surface area (Å²) in [6, 6.07) is 8.78. The number of methoxy groups -OCH3 is 2. The average molecular weight is 413 g/mol. The van der Waals surface area contributed by atoms with Gasteiger partial charge in [0, 0.05) is 38.2 Å². The van der Waals surface area contributed by atoms with E-state index in [2.05, 4.69) is 5.16 Å². The molecule has 1 aromatic carbocycles. The molecule has 2 aliphatic rings. The topological polar surface area (TPSA) is 93.8 Å². The van der Waals surface area contributed by atoms with Crippen molar-refractivity contribution in [1.82, 2.24) is 9.80 Å². The van der Waals surface area contributed by atoms with Crippen molar-refractivity contribution in [3.05, 3.63) is 47.9 Å². The van der Waals surface area contributed by atoms with Gasteiger partial charge in [-0.1, -0.05) is 5.16 Å². The summed E-state index contributed by atoms with van der Waals surface area (Å²) in [6.45, 7) is 1.77. The van der Waals surface area contributed by atoms with Crippen molar-refractivity contribution in [3.63, 3.8) is 0 Å². The number of nitrogens with zero attached hydrogens (tertiary/aromatic N) is 3. The molecular weight excluding hydrogens is 390 g/mol. The second kappa shape index (κ2) is 8.48. The van der Waals surface area contributed by atoms with E-state index in [-0.39, 0.29) is 11.8 Å². The molecule has 0 unspecified atom stereocenters. The van der Waals surface area contributed by atoms with Crippen molar-refractivity contribution in [2.45, 2.75) is 12.5 Å². The normalized spacial score (nSPS) is 18.6. The van der Waals surface area contributed by atoms with Crippen LogP contribution in [0.5, 0.6) is 11.5 Å². The van der Waals surface area contributed by atoms with Crippen molar-refractivity contribution >= 4 is 17.5 Å². The molecule has 3 heterocycles. The van der Waals surface area contributed by atoms with Crippen LogP contribution in [-0.2, 0) is 9.63 Å². The van der Waals surface area contributed by atoms with Crippen LogP contribution in [0.25, 0.3) is 0 Å². The molecule has 0 radical (unpaired) electrons. The van der Waals surface area contributed by atoms with E-state index in [0.29, 0.717) is 55.6 Å². The number of carbonyl (C=O) groups is 2. The van der Waals surface area contributed by atoms with Crippen molar-refractivity contribution in [2.24, 2.45) is 5.16 Å². The number of carbonyl (C=O) groups excluding carboxylic acids is 2. The quantitative estimate of drug-likeness (QED) is 0.742. The number of hydrogen-bond acceptors (Lipinski definition) is 7. The molecule has 0 saturated carbocycles. The molecule has 1 atom stereocenters. The molecule has 2 aromatic rings. The fourth-order valence-corrected chi connectivity index (χ4v) is 3.59. The van der Waals surface area contributed by atoms with Gasteiger partial charge in [0.1, 0.15) is 0 Å². The molecule has 0 bridgehead atoms. The third kappa shape index (κ3) is 3.83. The van der Waals surface area contributed by atoms with E-state index in [9.17, 15) is 9.59 Å². The lowest BCUT2D eigenvalue weighted by molar-refractivity contribution is -0.143. The Labute approximate surface area is 173 Å². The van der Waals surface area contributed by atoms with Crippen molar-refractivity contribution < 1.29 is 28.3 Å². The first-order valence-electron chi connectivity index (χ1n) is 9.67. The first kappa shape index (κ1) is 19.8. The van der Waals surface area contributed by atoms with E-state index >= 15 is 0 Å². The number of rotatable bonds is 5. The maximum Gasteiger partial charge on any atom is 0.289 e. The van der Waals surface area contributed by atoms with Crippen LogP contribution >= 0.6 is 0 Å². The summed E-state index contributed by atoms with van der Waals surface area (Å²) in [5, 5.41) is 4.11. The highest BCUT2D eigenvalue weighted by atomic mass is 16.6. The Morgan fingerprint density at radius 2 is 1.77 bits per heavy atom. The van der Waals surface area contributed by atoms with Gasteiger partial charge in [-0.05, 0) is 30.3 Å². The number of hydrogen-bond donors (Lipinski definition) is 0. The highest BCUT2D eigenvalue weighted by Crippen LogP contribution is 2.29. The first-order chi connectivity index (χ1) is 14.6. The lowest BCUT2D eigenvalue weighted by Crippen LogP contribution is -2.52. The third-order valence-corrected chi connectivity index (χ3v) is 5.27. The maximum atomic E-state index is 12.9. The van der Waals surface area contributed by atoms with Gasteiger partial charge in [0.25, 0.3) is 11.8 Å². The van der Waals surface area contributed by atoms with E-state index in [0.717, 1.165) is 5.56 Å². The molecule has 0 spiro atoms. The van der Waals surface area contributed by atoms with Gasteiger partial charge in [0.15, 0.2) is 17.3 Å². The summed E-state index contributed by atoms with van der Waals surface area (Å²) in [4.78, 5) is 34.0. The molecule has 9 nitrogen and oxygen atoms in total. The molecule has 1 aromatic heterocycles. The van der Waals surface area contributed by atoms with Gasteiger partial charge in [-0.15, -0.1) is 0 Å². The van der Waals surface area contributed by atoms with Crippen LogP contribution < -0.4 is 9.47 Å². The van der Waals surface area contributed by atoms with Gasteiger partial charge in [-0.2, -0.15) is 0 Å². The zero-order valence-electron chi connectivity index (χ0n) is 16.9. The Hall–Kier alpha value is -3.49. The number of piperazine rings is 1. The predicted octanol–water partition coefficient (Wildman–Crippen LogP) is 1.77. The average Bonchev–Trinajstić information content (AvgIpc) is 3.50. The van der Waals surface area contributed by atoms with E-state index in [4.69, 9.17) is 18.7 Å². The summed E-state index contributed by atoms with van der Waals surface area (Å²) < 4.78 is 15.7. The van der Waals surface area contributed by atoms with Crippen LogP contribution in [0.3, 0.4) is 0 Å². The lowest BCUT2D eigenvalue weighted by Gasteiger charge is -2.35. The summed E-state index contributed by atoms with van der Waals surface area (Å²) in [6.07, 6.45) is 1.18. The Balaban J connectivity index is 1.33. The zero-order valence-corrected chi connectivity index (χ0v) is 16.9. The Kier molecular flexibility index (Phi) is 5.60. The van der Waals surface area contributed by atoms with Crippen molar-refractivity contribution in [1.29, 1.82) is 0 Å². The van der Waals surface area contributed by atoms with Crippen LogP contribution in [0.15, 0.2) is 46.2 Å². The first-order valence-corrected chi connectivity index (χ1v) is 9.67. The monoisotopic (exact) mass is 413 g/mol. The second-order valence-electron chi connectivity index (χ2n) is 7.00. The number of furan rings is 1. The molecule has 0 aliphatic carbocycles. The molecule has 4 rings (SSSR count). The van der Waals surface area contributed by atoms with Gasteiger partial charge >= 0.3 is 0 Å². The third-order valence-electron chi connectivity index (χ3n) is 5.27. The molecule has 1 fully saturated rings. The fraction of sp³-hybridized carbons (Fsp3) is 0.381. The van der Waals surface area contributed by atoms with Crippen molar-refractivity contribution in [2.75, 3.05) is 40.4 Å². The van der Waals surface area contributed by atoms with E-state index in [1.54, 1.807) is 42.2 Å². The minimum absolute atomic E-state index is 0.126. The smallest absolute Gasteiger partial charge is 0.289 e. The second-order valence-corrected chi connectivity index (χ2v) is 7.00. The number of oxime groups is 1. The summed E-state index contributed by atoms with van der Waals surface area (Å²) in [5.74, 6) is 1.23. The SMILES string of the molecule is COc1ccc(C2=NO[C@@H](C(=O)N3CCN(C(=O)c4ccco4)CC3)C2)cc1OC. The van der Waals surface area contributed by atoms with E-state index in [1.165, 1.54) is 6.26 Å². The standard InChI is InChI=1S/C21H23N3O6/c1-27-16-6-5-14(12-18(16)28-2)15-13-19(30-22-15)21(26)24-9-7-23(8-10-24)20(25)17-4-3-11-29-17/h3-6,11-12,19H,7-10,13H2,1-2H3/t19-/m1/s1. The fourth-order valence-electron chi connectivity index (χ4n) is 3.59. The Morgan fingerprint density at radius 1 is 1.03 bits per heavy atom. The van der Waals surface area contributed by atoms with Crippen molar-refractivity contribution in [3.8, 4) is 11.5 Å². The van der Waals surface area contributed by atoms with Gasteiger partial charge in [-0.3, -0.25) is 9.59 Å². The molecular formula is C21H23N3O6. The van der Waals surface area contributed by atoms with Gasteiger partial charge in [0.2, 0.25) is 6.10 Å².